The van der Waals surface area contributed by atoms with Crippen molar-refractivity contribution in [2.45, 2.75) is 112 Å². The number of Topliss-reactive ketones (excluding diaryl/α,β-unsaturated/α-hetero) is 1. The van der Waals surface area contributed by atoms with Crippen LogP contribution in [0.2, 0.25) is 0 Å². The first-order chi connectivity index (χ1) is 21.5. The van der Waals surface area contributed by atoms with Gasteiger partial charge in [-0.15, -0.1) is 6.58 Å². The summed E-state index contributed by atoms with van der Waals surface area (Å²) < 4.78 is 17.2. The molecule has 10 nitrogen and oxygen atoms in total. The summed E-state index contributed by atoms with van der Waals surface area (Å²) in [6, 6.07) is 3.61. The first-order valence-electron chi connectivity index (χ1n) is 16.7. The van der Waals surface area contributed by atoms with Gasteiger partial charge >= 0.3 is 19.2 Å². The second kappa shape index (κ2) is 12.3. The Kier molecular flexibility index (Phi) is 9.20. The molecule has 4 aliphatic rings. The lowest BCUT2D eigenvalue weighted by Crippen LogP contribution is -2.63. The van der Waals surface area contributed by atoms with Crippen LogP contribution in [0, 0.1) is 34.0 Å². The van der Waals surface area contributed by atoms with Crippen LogP contribution >= 0.6 is 0 Å². The zero-order chi connectivity index (χ0) is 33.8. The molecule has 0 aromatic heterocycles. The van der Waals surface area contributed by atoms with E-state index in [0.29, 0.717) is 29.6 Å². The SMILES string of the molecule is C=C[C@]1(C)C[C@@H](OC(=O)CNc2ccc3c(c2CNC(=O)OC(C)(C)C)B(O)OC3)[C@]2(C)[C@H](C)CC[C@]3(CCC(=O)[C@H]32)[C@@H](C)[C@@H]1O. The summed E-state index contributed by atoms with van der Waals surface area (Å²) in [5, 5.41) is 28.3. The Morgan fingerprint density at radius 1 is 1.22 bits per heavy atom. The smallest absolute Gasteiger partial charge is 0.460 e. The second-order valence-corrected chi connectivity index (χ2v) is 15.6. The van der Waals surface area contributed by atoms with Gasteiger partial charge in [-0.1, -0.05) is 39.8 Å². The van der Waals surface area contributed by atoms with Gasteiger partial charge in [0.2, 0.25) is 0 Å². The predicted octanol–water partition coefficient (Wildman–Crippen LogP) is 4.25. The normalized spacial score (nSPS) is 35.4. The van der Waals surface area contributed by atoms with Gasteiger partial charge in [-0.3, -0.25) is 9.59 Å². The lowest BCUT2D eigenvalue weighted by molar-refractivity contribution is -0.205. The van der Waals surface area contributed by atoms with E-state index < -0.39 is 47.8 Å². The highest BCUT2D eigenvalue weighted by atomic mass is 16.6. The summed E-state index contributed by atoms with van der Waals surface area (Å²) in [7, 11) is -1.17. The largest absolute Gasteiger partial charge is 0.492 e. The molecule has 252 valence electrons. The minimum Gasteiger partial charge on any atom is -0.460 e. The summed E-state index contributed by atoms with van der Waals surface area (Å²) in [5.74, 6) is -0.590. The molecule has 0 saturated heterocycles. The number of anilines is 1. The molecule has 3 fully saturated rings. The van der Waals surface area contributed by atoms with Crippen molar-refractivity contribution in [3.63, 3.8) is 0 Å². The highest BCUT2D eigenvalue weighted by molar-refractivity contribution is 6.62. The highest BCUT2D eigenvalue weighted by Crippen LogP contribution is 2.68. The van der Waals surface area contributed by atoms with Crippen molar-refractivity contribution in [3.8, 4) is 0 Å². The van der Waals surface area contributed by atoms with Gasteiger partial charge in [0.05, 0.1) is 12.7 Å². The van der Waals surface area contributed by atoms with Gasteiger partial charge in [0.15, 0.2) is 0 Å². The van der Waals surface area contributed by atoms with Crippen LogP contribution in [0.1, 0.15) is 91.7 Å². The number of esters is 1. The average molecular weight is 639 g/mol. The van der Waals surface area contributed by atoms with Crippen LogP contribution in [-0.4, -0.2) is 59.4 Å². The van der Waals surface area contributed by atoms with E-state index in [1.54, 1.807) is 32.9 Å². The molecule has 1 aromatic carbocycles. The molecule has 0 spiro atoms. The number of rotatable bonds is 7. The highest BCUT2D eigenvalue weighted by Gasteiger charge is 2.68. The molecular formula is C35H51BN2O8. The Balaban J connectivity index is 1.40. The minimum absolute atomic E-state index is 0.0355. The molecule has 5 rings (SSSR count). The Hall–Kier alpha value is -2.89. The molecule has 1 amide bonds. The first kappa shape index (κ1) is 34.4. The predicted molar refractivity (Wildman–Crippen MR) is 175 cm³/mol. The quantitative estimate of drug-likeness (QED) is 0.196. The Morgan fingerprint density at radius 2 is 1.93 bits per heavy atom. The van der Waals surface area contributed by atoms with Crippen molar-refractivity contribution in [3.05, 3.63) is 35.9 Å². The van der Waals surface area contributed by atoms with Gasteiger partial charge in [-0.05, 0) is 86.4 Å². The number of aliphatic hydroxyl groups is 1. The Morgan fingerprint density at radius 3 is 2.61 bits per heavy atom. The van der Waals surface area contributed by atoms with Gasteiger partial charge in [-0.25, -0.2) is 4.79 Å². The maximum atomic E-state index is 13.7. The molecular weight excluding hydrogens is 587 g/mol. The molecule has 1 heterocycles. The lowest BCUT2D eigenvalue weighted by Gasteiger charge is -2.61. The minimum atomic E-state index is -1.17. The van der Waals surface area contributed by atoms with E-state index in [0.717, 1.165) is 24.8 Å². The molecule has 46 heavy (non-hydrogen) atoms. The van der Waals surface area contributed by atoms with Crippen LogP contribution in [-0.2, 0) is 36.9 Å². The zero-order valence-electron chi connectivity index (χ0n) is 28.4. The van der Waals surface area contributed by atoms with E-state index in [1.807, 2.05) is 13.0 Å². The Bertz CT molecular complexity index is 1400. The van der Waals surface area contributed by atoms with Gasteiger partial charge in [0, 0.05) is 35.4 Å². The fourth-order valence-corrected chi connectivity index (χ4v) is 9.10. The van der Waals surface area contributed by atoms with Crippen molar-refractivity contribution >= 4 is 36.1 Å². The summed E-state index contributed by atoms with van der Waals surface area (Å²) >= 11 is 0. The van der Waals surface area contributed by atoms with Gasteiger partial charge in [-0.2, -0.15) is 0 Å². The molecule has 3 saturated carbocycles. The van der Waals surface area contributed by atoms with Crippen LogP contribution in [0.4, 0.5) is 10.5 Å². The van der Waals surface area contributed by atoms with Crippen molar-refractivity contribution in [1.82, 2.24) is 5.32 Å². The van der Waals surface area contributed by atoms with E-state index in [9.17, 15) is 24.5 Å². The molecule has 8 atom stereocenters. The molecule has 4 N–H and O–H groups in total. The lowest BCUT2D eigenvalue weighted by atomic mass is 9.44. The summed E-state index contributed by atoms with van der Waals surface area (Å²) in [6.07, 6.45) is 3.12. The number of hydrogen-bond acceptors (Lipinski definition) is 9. The number of nitrogens with one attached hydrogen (secondary N) is 2. The van der Waals surface area contributed by atoms with Crippen molar-refractivity contribution in [1.29, 1.82) is 0 Å². The number of fused-ring (bicyclic) bond motifs is 1. The number of carbonyl (C=O) groups is 3. The number of aliphatic hydroxyl groups excluding tert-OH is 1. The maximum absolute atomic E-state index is 13.7. The molecule has 3 aliphatic carbocycles. The summed E-state index contributed by atoms with van der Waals surface area (Å²) in [5.41, 5.74) is 0.0746. The molecule has 2 bridgehead atoms. The van der Waals surface area contributed by atoms with Gasteiger partial charge in [0.1, 0.15) is 24.0 Å². The Labute approximate surface area is 273 Å². The van der Waals surface area contributed by atoms with Gasteiger partial charge < -0.3 is 34.9 Å². The van der Waals surface area contributed by atoms with E-state index in [-0.39, 0.29) is 48.6 Å². The van der Waals surface area contributed by atoms with E-state index >= 15 is 0 Å². The standard InChI is InChI=1S/C35H51BN2O8/c1-9-33(7)16-26(34(8)20(2)12-14-35(21(3)30(33)41)15-13-25(39)29(34)35)45-27(40)18-37-24-11-10-22-19-44-36(43)28(22)23(24)17-38-31(42)46-32(4,5)6/h9-11,20-21,26,29-30,37,41,43H,1,12-19H2,2-8H3,(H,38,42)/t20-,21+,26-,29+,30+,33-,34+,35+/m1/s1. The van der Waals surface area contributed by atoms with Crippen molar-refractivity contribution in [2.75, 3.05) is 11.9 Å². The fourth-order valence-electron chi connectivity index (χ4n) is 9.10. The van der Waals surface area contributed by atoms with Crippen LogP contribution in [0.15, 0.2) is 24.8 Å². The molecule has 0 radical (unpaired) electrons. The molecule has 1 aliphatic heterocycles. The molecule has 0 unspecified atom stereocenters. The number of alkyl carbamates (subject to hydrolysis) is 1. The van der Waals surface area contributed by atoms with Crippen LogP contribution in [0.25, 0.3) is 0 Å². The topological polar surface area (TPSA) is 143 Å². The number of carbonyl (C=O) groups excluding carboxylic acids is 3. The molecule has 11 heteroatoms. The summed E-state index contributed by atoms with van der Waals surface area (Å²) in [6.45, 7) is 17.8. The van der Waals surface area contributed by atoms with Crippen LogP contribution in [0.5, 0.6) is 0 Å². The number of ketones is 1. The summed E-state index contributed by atoms with van der Waals surface area (Å²) in [4.78, 5) is 39.9. The maximum Gasteiger partial charge on any atom is 0.492 e. The average Bonchev–Trinajstić information content (AvgIpc) is 3.55. The monoisotopic (exact) mass is 638 g/mol. The fraction of sp³-hybridized carbons (Fsp3) is 0.686. The molecule has 1 aromatic rings. The second-order valence-electron chi connectivity index (χ2n) is 15.6. The van der Waals surface area contributed by atoms with Gasteiger partial charge in [0.25, 0.3) is 0 Å². The van der Waals surface area contributed by atoms with Crippen LogP contribution < -0.4 is 16.1 Å². The number of amides is 1. The number of ether oxygens (including phenoxy) is 2. The van der Waals surface area contributed by atoms with Crippen molar-refractivity contribution in [2.24, 2.45) is 34.0 Å². The van der Waals surface area contributed by atoms with E-state index in [1.165, 1.54) is 0 Å². The number of benzene rings is 1. The third kappa shape index (κ3) is 5.88. The number of hydrogen-bond donors (Lipinski definition) is 4. The third-order valence-corrected chi connectivity index (χ3v) is 11.9. The van der Waals surface area contributed by atoms with Crippen LogP contribution in [0.3, 0.4) is 0 Å². The third-order valence-electron chi connectivity index (χ3n) is 11.9. The first-order valence-corrected chi connectivity index (χ1v) is 16.7. The van der Waals surface area contributed by atoms with Crippen molar-refractivity contribution < 1.29 is 38.6 Å². The zero-order valence-corrected chi connectivity index (χ0v) is 28.4. The van der Waals surface area contributed by atoms with E-state index in [2.05, 4.69) is 38.0 Å². The van der Waals surface area contributed by atoms with E-state index in [4.69, 9.17) is 14.1 Å².